The summed E-state index contributed by atoms with van der Waals surface area (Å²) in [6.07, 6.45) is 0. The molecular formula is C12H13NS3. The average Bonchev–Trinajstić information content (AvgIpc) is 2.86. The molecule has 0 amide bonds. The summed E-state index contributed by atoms with van der Waals surface area (Å²) >= 11 is 8.86. The Kier molecular flexibility index (Phi) is 3.84. The average molecular weight is 267 g/mol. The summed E-state index contributed by atoms with van der Waals surface area (Å²) in [6.45, 7) is 4.20. The number of hydrogen-bond donors (Lipinski definition) is 1. The first-order chi connectivity index (χ1) is 7.72. The van der Waals surface area contributed by atoms with Crippen molar-refractivity contribution in [3.63, 3.8) is 0 Å². The maximum Gasteiger partial charge on any atom is 0.0796 e. The van der Waals surface area contributed by atoms with Gasteiger partial charge in [0.25, 0.3) is 0 Å². The highest BCUT2D eigenvalue weighted by atomic mass is 32.2. The Morgan fingerprint density at radius 3 is 3.00 bits per heavy atom. The number of aromatic nitrogens is 1. The van der Waals surface area contributed by atoms with Crippen LogP contribution in [0, 0.1) is 6.92 Å². The quantitative estimate of drug-likeness (QED) is 0.825. The lowest BCUT2D eigenvalue weighted by molar-refractivity contribution is 1.27. The molecule has 84 valence electrons. The third kappa shape index (κ3) is 2.39. The van der Waals surface area contributed by atoms with Gasteiger partial charge >= 0.3 is 0 Å². The summed E-state index contributed by atoms with van der Waals surface area (Å²) in [5.41, 5.74) is 3.50. The molecule has 0 fully saturated rings. The highest BCUT2D eigenvalue weighted by Crippen LogP contribution is 2.28. The number of thiophene rings is 1. The van der Waals surface area contributed by atoms with E-state index in [0.29, 0.717) is 0 Å². The van der Waals surface area contributed by atoms with Gasteiger partial charge in [-0.3, -0.25) is 0 Å². The highest BCUT2D eigenvalue weighted by Gasteiger charge is 2.10. The van der Waals surface area contributed by atoms with Crippen molar-refractivity contribution < 1.29 is 0 Å². The number of hydrogen-bond acceptors (Lipinski definition) is 3. The van der Waals surface area contributed by atoms with E-state index in [1.165, 1.54) is 16.1 Å². The fourth-order valence-electron chi connectivity index (χ4n) is 1.54. The second kappa shape index (κ2) is 5.17. The van der Waals surface area contributed by atoms with Crippen LogP contribution in [0.2, 0.25) is 0 Å². The van der Waals surface area contributed by atoms with Crippen LogP contribution in [0.15, 0.2) is 23.6 Å². The fraction of sp³-hybridized carbons (Fsp3) is 0.250. The van der Waals surface area contributed by atoms with Crippen LogP contribution in [0.1, 0.15) is 18.2 Å². The number of thiocarbonyl (C=S) groups is 1. The Labute approximate surface area is 109 Å². The first-order valence-electron chi connectivity index (χ1n) is 5.13. The summed E-state index contributed by atoms with van der Waals surface area (Å²) < 4.78 is 0.985. The SMILES string of the molecule is CCSC(=S)c1cc(-c2cccs2)[nH]c1C. The Morgan fingerprint density at radius 1 is 1.56 bits per heavy atom. The lowest BCUT2D eigenvalue weighted by atomic mass is 10.2. The summed E-state index contributed by atoms with van der Waals surface area (Å²) in [7, 11) is 0. The van der Waals surface area contributed by atoms with E-state index in [-0.39, 0.29) is 0 Å². The van der Waals surface area contributed by atoms with Crippen molar-refractivity contribution in [2.24, 2.45) is 0 Å². The number of aromatic amines is 1. The molecule has 0 aliphatic rings. The lowest BCUT2D eigenvalue weighted by Gasteiger charge is -1.98. The fourth-order valence-corrected chi connectivity index (χ4v) is 3.44. The number of aryl methyl sites for hydroxylation is 1. The Morgan fingerprint density at radius 2 is 2.38 bits per heavy atom. The number of rotatable bonds is 3. The predicted molar refractivity (Wildman–Crippen MR) is 78.7 cm³/mol. The summed E-state index contributed by atoms with van der Waals surface area (Å²) in [5.74, 6) is 1.03. The van der Waals surface area contributed by atoms with Crippen LogP contribution in [0.3, 0.4) is 0 Å². The highest BCUT2D eigenvalue weighted by molar-refractivity contribution is 8.23. The second-order valence-corrected chi connectivity index (χ2v) is 6.31. The largest absolute Gasteiger partial charge is 0.357 e. The van der Waals surface area contributed by atoms with E-state index < -0.39 is 0 Å². The maximum absolute atomic E-state index is 5.40. The molecule has 0 spiro atoms. The van der Waals surface area contributed by atoms with E-state index in [1.54, 1.807) is 23.1 Å². The molecule has 1 N–H and O–H groups in total. The minimum absolute atomic E-state index is 0.985. The Hall–Kier alpha value is -0.580. The molecule has 0 saturated heterocycles. The van der Waals surface area contributed by atoms with E-state index >= 15 is 0 Å². The van der Waals surface area contributed by atoms with Crippen molar-refractivity contribution in [3.05, 3.63) is 34.8 Å². The lowest BCUT2D eigenvalue weighted by Crippen LogP contribution is -1.92. The molecule has 1 nitrogen and oxygen atoms in total. The van der Waals surface area contributed by atoms with E-state index in [9.17, 15) is 0 Å². The monoisotopic (exact) mass is 267 g/mol. The van der Waals surface area contributed by atoms with Crippen LogP contribution in [0.25, 0.3) is 10.6 Å². The van der Waals surface area contributed by atoms with E-state index in [4.69, 9.17) is 12.2 Å². The van der Waals surface area contributed by atoms with Gasteiger partial charge in [0.2, 0.25) is 0 Å². The number of thioether (sulfide) groups is 1. The zero-order valence-electron chi connectivity index (χ0n) is 9.24. The van der Waals surface area contributed by atoms with E-state index in [1.807, 2.05) is 0 Å². The molecule has 0 aromatic carbocycles. The van der Waals surface area contributed by atoms with Gasteiger partial charge in [-0.15, -0.1) is 23.1 Å². The maximum atomic E-state index is 5.40. The van der Waals surface area contributed by atoms with E-state index in [0.717, 1.165) is 15.6 Å². The van der Waals surface area contributed by atoms with Crippen LogP contribution in [0.5, 0.6) is 0 Å². The molecule has 2 aromatic heterocycles. The van der Waals surface area contributed by atoms with Crippen molar-refractivity contribution >= 4 is 39.5 Å². The molecule has 0 saturated carbocycles. The minimum atomic E-state index is 0.985. The first-order valence-corrected chi connectivity index (χ1v) is 7.40. The smallest absolute Gasteiger partial charge is 0.0796 e. The van der Waals surface area contributed by atoms with Gasteiger partial charge in [-0.05, 0) is 30.2 Å². The molecule has 0 aliphatic carbocycles. The summed E-state index contributed by atoms with van der Waals surface area (Å²) in [5, 5.41) is 2.09. The van der Waals surface area contributed by atoms with Gasteiger partial charge in [-0.1, -0.05) is 25.2 Å². The first kappa shape index (κ1) is 11.9. The van der Waals surface area contributed by atoms with Crippen LogP contribution in [-0.4, -0.2) is 14.9 Å². The molecule has 2 rings (SSSR count). The van der Waals surface area contributed by atoms with Crippen molar-refractivity contribution in [3.8, 4) is 10.6 Å². The predicted octanol–water partition coefficient (Wildman–Crippen LogP) is 4.48. The minimum Gasteiger partial charge on any atom is -0.357 e. The summed E-state index contributed by atoms with van der Waals surface area (Å²) in [6, 6.07) is 6.34. The number of nitrogens with one attached hydrogen (secondary N) is 1. The molecular weight excluding hydrogens is 254 g/mol. The van der Waals surface area contributed by atoms with Gasteiger partial charge in [0.05, 0.1) is 14.8 Å². The van der Waals surface area contributed by atoms with Gasteiger partial charge in [-0.2, -0.15) is 0 Å². The van der Waals surface area contributed by atoms with Gasteiger partial charge in [0, 0.05) is 11.3 Å². The molecule has 0 atom stereocenters. The van der Waals surface area contributed by atoms with Crippen molar-refractivity contribution in [1.82, 2.24) is 4.98 Å². The molecule has 2 aromatic rings. The molecule has 4 heteroatoms. The van der Waals surface area contributed by atoms with Crippen LogP contribution >= 0.6 is 35.3 Å². The molecule has 0 unspecified atom stereocenters. The number of H-pyrrole nitrogens is 1. The van der Waals surface area contributed by atoms with Crippen LogP contribution in [-0.2, 0) is 0 Å². The molecule has 0 aliphatic heterocycles. The summed E-state index contributed by atoms with van der Waals surface area (Å²) in [4.78, 5) is 4.66. The van der Waals surface area contributed by atoms with Gasteiger partial charge < -0.3 is 4.98 Å². The zero-order valence-corrected chi connectivity index (χ0v) is 11.7. The van der Waals surface area contributed by atoms with Crippen LogP contribution in [0.4, 0.5) is 0 Å². The van der Waals surface area contributed by atoms with E-state index in [2.05, 4.69) is 42.4 Å². The topological polar surface area (TPSA) is 15.8 Å². The third-order valence-corrected chi connectivity index (χ3v) is 4.54. The molecule has 0 radical (unpaired) electrons. The molecule has 16 heavy (non-hydrogen) atoms. The molecule has 2 heterocycles. The zero-order chi connectivity index (χ0) is 11.5. The normalized spacial score (nSPS) is 10.6. The molecule has 0 bridgehead atoms. The van der Waals surface area contributed by atoms with Crippen molar-refractivity contribution in [1.29, 1.82) is 0 Å². The standard InChI is InChI=1S/C12H13NS3/c1-3-15-12(14)9-7-10(13-8(9)2)11-5-4-6-16-11/h4-7,13H,3H2,1-2H3. The second-order valence-electron chi connectivity index (χ2n) is 3.42. The third-order valence-electron chi connectivity index (χ3n) is 2.30. The Balaban J connectivity index is 2.32. The van der Waals surface area contributed by atoms with Gasteiger partial charge in [-0.25, -0.2) is 0 Å². The van der Waals surface area contributed by atoms with Gasteiger partial charge in [0.1, 0.15) is 0 Å². The van der Waals surface area contributed by atoms with Crippen LogP contribution < -0.4 is 0 Å². The van der Waals surface area contributed by atoms with Gasteiger partial charge in [0.15, 0.2) is 0 Å². The Bertz CT molecular complexity index is 482. The van der Waals surface area contributed by atoms with Crippen molar-refractivity contribution in [2.75, 3.05) is 5.75 Å². The van der Waals surface area contributed by atoms with Crippen molar-refractivity contribution in [2.45, 2.75) is 13.8 Å².